The number of benzene rings is 1. The zero-order chi connectivity index (χ0) is 14.4. The van der Waals surface area contributed by atoms with Crippen LogP contribution in [0.1, 0.15) is 19.2 Å². The average molecular weight is 275 g/mol. The van der Waals surface area contributed by atoms with Gasteiger partial charge in [0.2, 0.25) is 5.89 Å². The number of hydrogen-bond acceptors (Lipinski definition) is 6. The summed E-state index contributed by atoms with van der Waals surface area (Å²) < 4.78 is 5.55. The molecule has 20 heavy (non-hydrogen) atoms. The molecule has 0 saturated heterocycles. The molecule has 1 aromatic carbocycles. The van der Waals surface area contributed by atoms with Crippen LogP contribution in [0.3, 0.4) is 0 Å². The number of rotatable bonds is 7. The number of nitrogens with zero attached hydrogens (tertiary/aromatic N) is 3. The van der Waals surface area contributed by atoms with Crippen molar-refractivity contribution >= 4 is 17.4 Å². The lowest BCUT2D eigenvalue weighted by Crippen LogP contribution is -2.13. The Kier molecular flexibility index (Phi) is 4.95. The fraction of sp³-hybridized carbons (Fsp3) is 0.429. The molecule has 0 aliphatic rings. The van der Waals surface area contributed by atoms with Crippen LogP contribution in [0.15, 0.2) is 28.7 Å². The second-order valence-electron chi connectivity index (χ2n) is 4.71. The van der Waals surface area contributed by atoms with E-state index in [-0.39, 0.29) is 0 Å². The van der Waals surface area contributed by atoms with Crippen molar-refractivity contribution in [1.82, 2.24) is 15.5 Å². The van der Waals surface area contributed by atoms with Gasteiger partial charge in [0.15, 0.2) is 0 Å². The van der Waals surface area contributed by atoms with Crippen molar-refractivity contribution < 1.29 is 4.42 Å². The minimum absolute atomic E-state index is 0.410. The Hall–Kier alpha value is -2.08. The van der Waals surface area contributed by atoms with Gasteiger partial charge in [0, 0.05) is 14.1 Å². The Morgan fingerprint density at radius 1 is 1.20 bits per heavy atom. The van der Waals surface area contributed by atoms with Gasteiger partial charge in [0.25, 0.3) is 0 Å². The summed E-state index contributed by atoms with van der Waals surface area (Å²) in [5.74, 6) is 0.586. The van der Waals surface area contributed by atoms with Crippen LogP contribution in [0.2, 0.25) is 0 Å². The third-order valence-corrected chi connectivity index (χ3v) is 2.80. The van der Waals surface area contributed by atoms with E-state index in [9.17, 15) is 0 Å². The van der Waals surface area contributed by atoms with Crippen molar-refractivity contribution in [3.05, 3.63) is 30.2 Å². The molecule has 0 spiro atoms. The fourth-order valence-electron chi connectivity index (χ4n) is 1.83. The van der Waals surface area contributed by atoms with E-state index in [1.807, 2.05) is 43.3 Å². The van der Waals surface area contributed by atoms with Gasteiger partial charge in [0.05, 0.1) is 17.9 Å². The van der Waals surface area contributed by atoms with Gasteiger partial charge in [-0.05, 0) is 25.1 Å². The molecule has 1 heterocycles. The van der Waals surface area contributed by atoms with Crippen LogP contribution < -0.4 is 15.5 Å². The van der Waals surface area contributed by atoms with Gasteiger partial charge >= 0.3 is 6.01 Å². The summed E-state index contributed by atoms with van der Waals surface area (Å²) >= 11 is 0. The molecule has 2 aromatic rings. The Bertz CT molecular complexity index is 538. The number of anilines is 3. The monoisotopic (exact) mass is 275 g/mol. The highest BCUT2D eigenvalue weighted by atomic mass is 16.4. The van der Waals surface area contributed by atoms with Crippen molar-refractivity contribution in [3.63, 3.8) is 0 Å². The maximum atomic E-state index is 5.55. The number of para-hydroxylation sites is 2. The van der Waals surface area contributed by atoms with Crippen LogP contribution in [0.25, 0.3) is 0 Å². The standard InChI is InChI=1S/C14H21N5O/c1-4-9-15-10-13-17-18-14(20-13)16-11-7-5-6-8-12(11)19(2)3/h5-8,15H,4,9-10H2,1-3H3,(H,16,18). The van der Waals surface area contributed by atoms with Gasteiger partial charge in [0.1, 0.15) is 0 Å². The van der Waals surface area contributed by atoms with Gasteiger partial charge in [-0.2, -0.15) is 0 Å². The SMILES string of the molecule is CCCNCc1nnc(Nc2ccccc2N(C)C)o1. The van der Waals surface area contributed by atoms with E-state index < -0.39 is 0 Å². The van der Waals surface area contributed by atoms with Crippen LogP contribution in [0.5, 0.6) is 0 Å². The average Bonchev–Trinajstić information content (AvgIpc) is 2.87. The molecule has 0 fully saturated rings. The molecule has 1 aromatic heterocycles. The minimum atomic E-state index is 0.410. The molecule has 0 saturated carbocycles. The highest BCUT2D eigenvalue weighted by molar-refractivity contribution is 5.72. The topological polar surface area (TPSA) is 66.2 Å². The second-order valence-corrected chi connectivity index (χ2v) is 4.71. The predicted molar refractivity (Wildman–Crippen MR) is 80.3 cm³/mol. The molecule has 2 N–H and O–H groups in total. The molecule has 0 unspecified atom stereocenters. The Labute approximate surface area is 119 Å². The number of aromatic nitrogens is 2. The van der Waals surface area contributed by atoms with Crippen LogP contribution in [0.4, 0.5) is 17.4 Å². The van der Waals surface area contributed by atoms with Gasteiger partial charge < -0.3 is 20.0 Å². The fourth-order valence-corrected chi connectivity index (χ4v) is 1.83. The molecule has 0 atom stereocenters. The first-order valence-electron chi connectivity index (χ1n) is 6.77. The first kappa shape index (κ1) is 14.3. The summed E-state index contributed by atoms with van der Waals surface area (Å²) in [4.78, 5) is 2.03. The first-order chi connectivity index (χ1) is 9.70. The molecule has 0 radical (unpaired) electrons. The molecular formula is C14H21N5O. The highest BCUT2D eigenvalue weighted by Crippen LogP contribution is 2.26. The molecule has 0 bridgehead atoms. The quantitative estimate of drug-likeness (QED) is 0.756. The summed E-state index contributed by atoms with van der Waals surface area (Å²) in [6.45, 7) is 3.65. The molecule has 0 aliphatic carbocycles. The summed E-state index contributed by atoms with van der Waals surface area (Å²) in [7, 11) is 3.99. The summed E-state index contributed by atoms with van der Waals surface area (Å²) in [5.41, 5.74) is 2.01. The summed E-state index contributed by atoms with van der Waals surface area (Å²) in [6.07, 6.45) is 1.08. The number of hydrogen-bond donors (Lipinski definition) is 2. The van der Waals surface area contributed by atoms with Gasteiger partial charge in [-0.15, -0.1) is 5.10 Å². The zero-order valence-corrected chi connectivity index (χ0v) is 12.2. The maximum Gasteiger partial charge on any atom is 0.320 e. The smallest absolute Gasteiger partial charge is 0.320 e. The number of nitrogens with one attached hydrogen (secondary N) is 2. The summed E-state index contributed by atoms with van der Waals surface area (Å²) in [5, 5.41) is 14.4. The molecule has 2 rings (SSSR count). The second kappa shape index (κ2) is 6.91. The lowest BCUT2D eigenvalue weighted by atomic mass is 10.2. The Morgan fingerprint density at radius 2 is 2.00 bits per heavy atom. The third kappa shape index (κ3) is 3.71. The van der Waals surface area contributed by atoms with E-state index in [1.165, 1.54) is 0 Å². The minimum Gasteiger partial charge on any atom is -0.406 e. The van der Waals surface area contributed by atoms with Crippen LogP contribution >= 0.6 is 0 Å². The Balaban J connectivity index is 2.03. The van der Waals surface area contributed by atoms with Crippen molar-refractivity contribution in [2.45, 2.75) is 19.9 Å². The summed E-state index contributed by atoms with van der Waals surface area (Å²) in [6, 6.07) is 8.38. The van der Waals surface area contributed by atoms with E-state index in [0.717, 1.165) is 24.3 Å². The Morgan fingerprint density at radius 3 is 2.75 bits per heavy atom. The van der Waals surface area contributed by atoms with Crippen molar-refractivity contribution in [3.8, 4) is 0 Å². The molecule has 6 nitrogen and oxygen atoms in total. The van der Waals surface area contributed by atoms with Gasteiger partial charge in [-0.1, -0.05) is 24.2 Å². The van der Waals surface area contributed by atoms with E-state index in [0.29, 0.717) is 18.5 Å². The molecule has 6 heteroatoms. The van der Waals surface area contributed by atoms with Crippen molar-refractivity contribution in [1.29, 1.82) is 0 Å². The lowest BCUT2D eigenvalue weighted by Gasteiger charge is -2.16. The molecule has 108 valence electrons. The lowest BCUT2D eigenvalue weighted by molar-refractivity contribution is 0.479. The molecule has 0 aliphatic heterocycles. The molecular weight excluding hydrogens is 254 g/mol. The van der Waals surface area contributed by atoms with Crippen LogP contribution in [-0.2, 0) is 6.54 Å². The van der Waals surface area contributed by atoms with Gasteiger partial charge in [-0.3, -0.25) is 0 Å². The van der Waals surface area contributed by atoms with E-state index >= 15 is 0 Å². The van der Waals surface area contributed by atoms with E-state index in [4.69, 9.17) is 4.42 Å². The normalized spacial score (nSPS) is 10.6. The van der Waals surface area contributed by atoms with E-state index in [2.05, 4.69) is 27.8 Å². The van der Waals surface area contributed by atoms with Crippen molar-refractivity contribution in [2.75, 3.05) is 30.9 Å². The predicted octanol–water partition coefficient (Wildman–Crippen LogP) is 2.38. The largest absolute Gasteiger partial charge is 0.406 e. The van der Waals surface area contributed by atoms with Crippen LogP contribution in [-0.4, -0.2) is 30.8 Å². The molecule has 0 amide bonds. The first-order valence-corrected chi connectivity index (χ1v) is 6.77. The van der Waals surface area contributed by atoms with Crippen LogP contribution in [0, 0.1) is 0 Å². The third-order valence-electron chi connectivity index (χ3n) is 2.80. The zero-order valence-electron chi connectivity index (χ0n) is 12.2. The highest BCUT2D eigenvalue weighted by Gasteiger charge is 2.09. The van der Waals surface area contributed by atoms with Crippen molar-refractivity contribution in [2.24, 2.45) is 0 Å². The van der Waals surface area contributed by atoms with Gasteiger partial charge in [-0.25, -0.2) is 0 Å². The van der Waals surface area contributed by atoms with E-state index in [1.54, 1.807) is 0 Å². The maximum absolute atomic E-state index is 5.55.